The van der Waals surface area contributed by atoms with Gasteiger partial charge in [-0.15, -0.1) is 0 Å². The highest BCUT2D eigenvalue weighted by Gasteiger charge is 2.38. The molecular formula is C15H25FN4O2. The molecule has 22 heavy (non-hydrogen) atoms. The van der Waals surface area contributed by atoms with E-state index in [0.29, 0.717) is 32.5 Å². The van der Waals surface area contributed by atoms with Gasteiger partial charge in [0.05, 0.1) is 24.4 Å². The Balaban J connectivity index is 1.91. The minimum atomic E-state index is -0.642. The predicted molar refractivity (Wildman–Crippen MR) is 81.5 cm³/mol. The van der Waals surface area contributed by atoms with Crippen LogP contribution in [0.15, 0.2) is 0 Å². The highest BCUT2D eigenvalue weighted by Crippen LogP contribution is 2.31. The van der Waals surface area contributed by atoms with E-state index in [0.717, 1.165) is 23.4 Å². The molecule has 0 spiro atoms. The summed E-state index contributed by atoms with van der Waals surface area (Å²) < 4.78 is 19.9. The van der Waals surface area contributed by atoms with Gasteiger partial charge in [-0.1, -0.05) is 0 Å². The number of halogens is 1. The van der Waals surface area contributed by atoms with E-state index in [4.69, 9.17) is 4.74 Å². The number of hydrogen-bond acceptors (Lipinski definition) is 3. The second-order valence-corrected chi connectivity index (χ2v) is 5.94. The van der Waals surface area contributed by atoms with Crippen LogP contribution in [0.3, 0.4) is 0 Å². The fraction of sp³-hybridized carbons (Fsp3) is 0.733. The highest BCUT2D eigenvalue weighted by molar-refractivity contribution is 5.75. The van der Waals surface area contributed by atoms with E-state index < -0.39 is 12.2 Å². The lowest BCUT2D eigenvalue weighted by molar-refractivity contribution is 0.143. The molecule has 0 bridgehead atoms. The molecule has 1 aliphatic carbocycles. The Morgan fingerprint density at radius 2 is 2.18 bits per heavy atom. The van der Waals surface area contributed by atoms with Crippen LogP contribution in [0.2, 0.25) is 0 Å². The molecule has 0 aromatic carbocycles. The molecule has 1 fully saturated rings. The van der Waals surface area contributed by atoms with Crippen LogP contribution < -0.4 is 10.6 Å². The van der Waals surface area contributed by atoms with Crippen molar-refractivity contribution >= 4 is 6.03 Å². The predicted octanol–water partition coefficient (Wildman–Crippen LogP) is 1.84. The number of nitrogens with one attached hydrogen (secondary N) is 2. The number of alkyl halides is 1. The van der Waals surface area contributed by atoms with E-state index in [2.05, 4.69) is 15.7 Å². The number of ether oxygens (including phenoxy) is 1. The maximum absolute atomic E-state index is 13.0. The molecule has 0 unspecified atom stereocenters. The van der Waals surface area contributed by atoms with Gasteiger partial charge in [0.15, 0.2) is 0 Å². The van der Waals surface area contributed by atoms with E-state index in [1.165, 1.54) is 0 Å². The van der Waals surface area contributed by atoms with Crippen LogP contribution in [0.5, 0.6) is 0 Å². The van der Waals surface area contributed by atoms with Gasteiger partial charge < -0.3 is 15.4 Å². The lowest BCUT2D eigenvalue weighted by atomic mass is 9.78. The number of nitrogens with zero attached hydrogens (tertiary/aromatic N) is 2. The molecule has 124 valence electrons. The van der Waals surface area contributed by atoms with E-state index in [1.807, 2.05) is 18.5 Å². The number of carbonyl (C=O) groups excluding carboxylic acids is 1. The summed E-state index contributed by atoms with van der Waals surface area (Å²) in [6.45, 7) is 5.04. The molecule has 1 aromatic heterocycles. The van der Waals surface area contributed by atoms with E-state index >= 15 is 0 Å². The molecule has 2 N–H and O–H groups in total. The van der Waals surface area contributed by atoms with Crippen LogP contribution in [0.4, 0.5) is 9.18 Å². The van der Waals surface area contributed by atoms with Crippen molar-refractivity contribution in [2.75, 3.05) is 20.4 Å². The maximum atomic E-state index is 13.0. The van der Waals surface area contributed by atoms with Crippen molar-refractivity contribution in [3.63, 3.8) is 0 Å². The van der Waals surface area contributed by atoms with E-state index in [9.17, 15) is 9.18 Å². The van der Waals surface area contributed by atoms with Gasteiger partial charge in [-0.2, -0.15) is 5.10 Å². The van der Waals surface area contributed by atoms with Crippen molar-refractivity contribution in [3.8, 4) is 0 Å². The van der Waals surface area contributed by atoms with E-state index in [1.54, 1.807) is 7.11 Å². The maximum Gasteiger partial charge on any atom is 0.315 e. The third kappa shape index (κ3) is 3.58. The molecule has 1 aliphatic rings. The van der Waals surface area contributed by atoms with Gasteiger partial charge >= 0.3 is 6.03 Å². The minimum absolute atomic E-state index is 0.319. The van der Waals surface area contributed by atoms with Gasteiger partial charge in [-0.3, -0.25) is 4.68 Å². The van der Waals surface area contributed by atoms with Gasteiger partial charge in [0.1, 0.15) is 6.67 Å². The quantitative estimate of drug-likeness (QED) is 0.807. The van der Waals surface area contributed by atoms with Crippen LogP contribution in [0.25, 0.3) is 0 Å². The molecule has 0 atom stereocenters. The second kappa shape index (κ2) is 7.09. The fourth-order valence-corrected chi connectivity index (χ4v) is 2.73. The number of aromatic nitrogens is 2. The molecule has 0 saturated heterocycles. The number of methoxy groups -OCH3 is 1. The Labute approximate surface area is 130 Å². The fourth-order valence-electron chi connectivity index (χ4n) is 2.73. The lowest BCUT2D eigenvalue weighted by Gasteiger charge is -2.39. The Morgan fingerprint density at radius 1 is 1.45 bits per heavy atom. The second-order valence-electron chi connectivity index (χ2n) is 5.94. The molecule has 0 aliphatic heterocycles. The van der Waals surface area contributed by atoms with Crippen molar-refractivity contribution < 1.29 is 13.9 Å². The SMILES string of the molecule is COCCn1nc(C)c(CNC(=O)NC2(CF)CCC2)c1C. The zero-order valence-electron chi connectivity index (χ0n) is 13.5. The molecule has 0 radical (unpaired) electrons. The van der Waals surface area contributed by atoms with Crippen molar-refractivity contribution in [2.45, 2.75) is 51.7 Å². The Hall–Kier alpha value is -1.63. The average molecular weight is 312 g/mol. The largest absolute Gasteiger partial charge is 0.383 e. The summed E-state index contributed by atoms with van der Waals surface area (Å²) in [5.41, 5.74) is 2.25. The van der Waals surface area contributed by atoms with Gasteiger partial charge in [0.2, 0.25) is 0 Å². The van der Waals surface area contributed by atoms with Crippen LogP contribution in [0.1, 0.15) is 36.2 Å². The zero-order chi connectivity index (χ0) is 16.2. The van der Waals surface area contributed by atoms with E-state index in [-0.39, 0.29) is 6.03 Å². The number of carbonyl (C=O) groups is 1. The summed E-state index contributed by atoms with van der Waals surface area (Å²) in [6.07, 6.45) is 2.39. The molecule has 1 heterocycles. The first-order valence-corrected chi connectivity index (χ1v) is 7.65. The van der Waals surface area contributed by atoms with Crippen molar-refractivity contribution in [1.82, 2.24) is 20.4 Å². The third-order valence-corrected chi connectivity index (χ3v) is 4.41. The molecule has 1 saturated carbocycles. The van der Waals surface area contributed by atoms with Gasteiger partial charge in [-0.25, -0.2) is 9.18 Å². The van der Waals surface area contributed by atoms with Crippen LogP contribution in [-0.2, 0) is 17.8 Å². The van der Waals surface area contributed by atoms with Crippen molar-refractivity contribution in [1.29, 1.82) is 0 Å². The van der Waals surface area contributed by atoms with Crippen molar-refractivity contribution in [3.05, 3.63) is 17.0 Å². The summed E-state index contributed by atoms with van der Waals surface area (Å²) in [5.74, 6) is 0. The number of aryl methyl sites for hydroxylation is 1. The topological polar surface area (TPSA) is 68.2 Å². The molecule has 2 amide bonds. The monoisotopic (exact) mass is 312 g/mol. The Bertz CT molecular complexity index is 520. The van der Waals surface area contributed by atoms with Crippen LogP contribution >= 0.6 is 0 Å². The van der Waals surface area contributed by atoms with Crippen molar-refractivity contribution in [2.24, 2.45) is 0 Å². The lowest BCUT2D eigenvalue weighted by Crippen LogP contribution is -2.57. The Kier molecular flexibility index (Phi) is 5.39. The van der Waals surface area contributed by atoms with Gasteiger partial charge in [-0.05, 0) is 33.1 Å². The standard InChI is InChI=1S/C15H25FN4O2/c1-11-13(12(2)20(19-11)7-8-22-3)9-17-14(21)18-15(10-16)5-4-6-15/h4-10H2,1-3H3,(H2,17,18,21). The van der Waals surface area contributed by atoms with Gasteiger partial charge in [0, 0.05) is 24.9 Å². The summed E-state index contributed by atoms with van der Waals surface area (Å²) in [7, 11) is 1.65. The summed E-state index contributed by atoms with van der Waals surface area (Å²) >= 11 is 0. The molecule has 2 rings (SSSR count). The molecule has 6 nitrogen and oxygen atoms in total. The first-order chi connectivity index (χ1) is 10.5. The summed E-state index contributed by atoms with van der Waals surface area (Å²) in [5, 5.41) is 10.0. The summed E-state index contributed by atoms with van der Waals surface area (Å²) in [4.78, 5) is 11.9. The average Bonchev–Trinajstić information content (AvgIpc) is 2.73. The number of hydrogen-bond donors (Lipinski definition) is 2. The number of rotatable bonds is 7. The zero-order valence-corrected chi connectivity index (χ0v) is 13.5. The third-order valence-electron chi connectivity index (χ3n) is 4.41. The Morgan fingerprint density at radius 3 is 2.73 bits per heavy atom. The smallest absolute Gasteiger partial charge is 0.315 e. The normalized spacial score (nSPS) is 16.2. The van der Waals surface area contributed by atoms with Crippen LogP contribution in [0, 0.1) is 13.8 Å². The first kappa shape index (κ1) is 16.7. The first-order valence-electron chi connectivity index (χ1n) is 7.65. The number of urea groups is 1. The highest BCUT2D eigenvalue weighted by atomic mass is 19.1. The molecule has 7 heteroatoms. The van der Waals surface area contributed by atoms with Crippen LogP contribution in [-0.4, -0.2) is 41.7 Å². The summed E-state index contributed by atoms with van der Waals surface area (Å²) in [6, 6.07) is -0.319. The van der Waals surface area contributed by atoms with Gasteiger partial charge in [0.25, 0.3) is 0 Å². The molecular weight excluding hydrogens is 287 g/mol. The minimum Gasteiger partial charge on any atom is -0.383 e. The number of amides is 2. The molecule has 1 aromatic rings.